The summed E-state index contributed by atoms with van der Waals surface area (Å²) in [6.07, 6.45) is 0.266. The van der Waals surface area contributed by atoms with E-state index in [2.05, 4.69) is 11.3 Å². The fraction of sp³-hybridized carbons (Fsp3) is 0.419. The minimum absolute atomic E-state index is 0.000335. The largest absolute Gasteiger partial charge is 0.573 e. The standard InChI is InChI=1S/C31H33F3O6/c1-5-7-8-9-19-10-13-22(25(16-19)40-31(32,33)34)23-17-20-11-12-21(18-24(20)38-29(23)36)37-26-14-15-27(30(26,3)4)39-28(35)6-2/h6,10-13,16-18,26-27H,2,5,7-9,14-15H2,1,3-4H3. The Balaban J connectivity index is 1.61. The average molecular weight is 559 g/mol. The van der Waals surface area contributed by atoms with Crippen LogP contribution in [-0.4, -0.2) is 24.5 Å². The van der Waals surface area contributed by atoms with Gasteiger partial charge in [0.25, 0.3) is 0 Å². The maximum atomic E-state index is 13.2. The Labute approximate surface area is 230 Å². The second-order valence-corrected chi connectivity index (χ2v) is 10.6. The lowest BCUT2D eigenvalue weighted by molar-refractivity contribution is -0.274. The third-order valence-corrected chi connectivity index (χ3v) is 7.39. The molecule has 214 valence electrons. The lowest BCUT2D eigenvalue weighted by Crippen LogP contribution is -2.38. The van der Waals surface area contributed by atoms with Crippen LogP contribution >= 0.6 is 0 Å². The first-order chi connectivity index (χ1) is 18.9. The average Bonchev–Trinajstić information content (AvgIpc) is 3.15. The van der Waals surface area contributed by atoms with Gasteiger partial charge in [0.2, 0.25) is 0 Å². The molecule has 40 heavy (non-hydrogen) atoms. The SMILES string of the molecule is C=CC(=O)OC1CCC(Oc2ccc3cc(-c4ccc(CCCCC)cc4OC(F)(F)F)c(=O)oc3c2)C1(C)C. The summed E-state index contributed by atoms with van der Waals surface area (Å²) in [7, 11) is 0. The molecule has 1 aliphatic carbocycles. The molecule has 0 radical (unpaired) electrons. The minimum Gasteiger partial charge on any atom is -0.490 e. The Morgan fingerprint density at radius 2 is 1.82 bits per heavy atom. The highest BCUT2D eigenvalue weighted by molar-refractivity contribution is 5.84. The molecule has 1 aliphatic rings. The van der Waals surface area contributed by atoms with Crippen LogP contribution in [0.1, 0.15) is 58.4 Å². The maximum absolute atomic E-state index is 13.2. The zero-order valence-corrected chi connectivity index (χ0v) is 22.8. The molecule has 0 N–H and O–H groups in total. The first-order valence-corrected chi connectivity index (χ1v) is 13.4. The number of esters is 1. The Morgan fingerprint density at radius 3 is 2.52 bits per heavy atom. The van der Waals surface area contributed by atoms with Crippen LogP contribution in [0.25, 0.3) is 22.1 Å². The highest BCUT2D eigenvalue weighted by Crippen LogP contribution is 2.42. The number of hydrogen-bond donors (Lipinski definition) is 0. The molecular weight excluding hydrogens is 525 g/mol. The van der Waals surface area contributed by atoms with Crippen LogP contribution in [0.2, 0.25) is 0 Å². The summed E-state index contributed by atoms with van der Waals surface area (Å²) >= 11 is 0. The van der Waals surface area contributed by atoms with Crippen molar-refractivity contribution in [2.24, 2.45) is 5.41 Å². The van der Waals surface area contributed by atoms with Crippen molar-refractivity contribution < 1.29 is 36.6 Å². The van der Waals surface area contributed by atoms with Gasteiger partial charge < -0.3 is 18.6 Å². The molecule has 6 nitrogen and oxygen atoms in total. The predicted octanol–water partition coefficient (Wildman–Crippen LogP) is 7.76. The van der Waals surface area contributed by atoms with E-state index in [9.17, 15) is 22.8 Å². The van der Waals surface area contributed by atoms with Crippen molar-refractivity contribution in [2.75, 3.05) is 0 Å². The van der Waals surface area contributed by atoms with Crippen molar-refractivity contribution in [3.63, 3.8) is 0 Å². The summed E-state index contributed by atoms with van der Waals surface area (Å²) in [5.74, 6) is -0.477. The van der Waals surface area contributed by atoms with E-state index in [-0.39, 0.29) is 28.9 Å². The van der Waals surface area contributed by atoms with E-state index in [0.717, 1.165) is 25.3 Å². The lowest BCUT2D eigenvalue weighted by atomic mass is 9.87. The highest BCUT2D eigenvalue weighted by Gasteiger charge is 2.47. The number of benzene rings is 2. The van der Waals surface area contributed by atoms with Crippen LogP contribution in [0.3, 0.4) is 0 Å². The van der Waals surface area contributed by atoms with E-state index in [1.165, 1.54) is 18.2 Å². The number of aryl methyl sites for hydroxylation is 1. The van der Waals surface area contributed by atoms with Crippen molar-refractivity contribution in [2.45, 2.75) is 77.9 Å². The lowest BCUT2D eigenvalue weighted by Gasteiger charge is -2.32. The molecule has 9 heteroatoms. The fourth-order valence-corrected chi connectivity index (χ4v) is 5.11. The molecule has 1 heterocycles. The number of carbonyl (C=O) groups is 1. The van der Waals surface area contributed by atoms with E-state index in [4.69, 9.17) is 13.9 Å². The third-order valence-electron chi connectivity index (χ3n) is 7.39. The number of fused-ring (bicyclic) bond motifs is 1. The Hall–Kier alpha value is -3.75. The van der Waals surface area contributed by atoms with E-state index in [1.807, 2.05) is 20.8 Å². The summed E-state index contributed by atoms with van der Waals surface area (Å²) in [6.45, 7) is 9.39. The van der Waals surface area contributed by atoms with Gasteiger partial charge in [0, 0.05) is 28.5 Å². The molecule has 0 amide bonds. The monoisotopic (exact) mass is 558 g/mol. The third kappa shape index (κ3) is 6.69. The van der Waals surface area contributed by atoms with Crippen LogP contribution in [0.5, 0.6) is 11.5 Å². The van der Waals surface area contributed by atoms with Gasteiger partial charge in [0.05, 0.1) is 5.56 Å². The quantitative estimate of drug-likeness (QED) is 0.110. The smallest absolute Gasteiger partial charge is 0.490 e. The molecule has 4 rings (SSSR count). The highest BCUT2D eigenvalue weighted by atomic mass is 19.4. The first kappa shape index (κ1) is 29.2. The van der Waals surface area contributed by atoms with Gasteiger partial charge in [0.1, 0.15) is 29.3 Å². The van der Waals surface area contributed by atoms with E-state index in [1.54, 1.807) is 24.3 Å². The van der Waals surface area contributed by atoms with Gasteiger partial charge in [-0.1, -0.05) is 52.3 Å². The number of halogens is 3. The second kappa shape index (κ2) is 11.8. The van der Waals surface area contributed by atoms with Crippen molar-refractivity contribution in [1.82, 2.24) is 0 Å². The first-order valence-electron chi connectivity index (χ1n) is 13.4. The summed E-state index contributed by atoms with van der Waals surface area (Å²) in [5.41, 5.74) is -0.390. The van der Waals surface area contributed by atoms with Crippen molar-refractivity contribution in [3.05, 3.63) is 71.1 Å². The molecule has 1 aromatic heterocycles. The van der Waals surface area contributed by atoms with Crippen LogP contribution in [0.15, 0.2) is 64.3 Å². The van der Waals surface area contributed by atoms with E-state index >= 15 is 0 Å². The topological polar surface area (TPSA) is 75.0 Å². The molecule has 2 unspecified atom stereocenters. The van der Waals surface area contributed by atoms with Crippen molar-refractivity contribution >= 4 is 16.9 Å². The van der Waals surface area contributed by atoms with Gasteiger partial charge in [-0.15, -0.1) is 13.2 Å². The summed E-state index contributed by atoms with van der Waals surface area (Å²) in [4.78, 5) is 24.7. The van der Waals surface area contributed by atoms with Crippen molar-refractivity contribution in [1.29, 1.82) is 0 Å². The molecule has 0 bridgehead atoms. The zero-order chi connectivity index (χ0) is 29.1. The maximum Gasteiger partial charge on any atom is 0.573 e. The molecule has 2 aromatic carbocycles. The van der Waals surface area contributed by atoms with Gasteiger partial charge in [-0.05, 0) is 55.5 Å². The molecule has 3 aromatic rings. The van der Waals surface area contributed by atoms with Crippen LogP contribution in [0, 0.1) is 5.41 Å². The number of alkyl halides is 3. The van der Waals surface area contributed by atoms with Gasteiger partial charge >= 0.3 is 18.0 Å². The fourth-order valence-electron chi connectivity index (χ4n) is 5.11. The molecular formula is C31H33F3O6. The molecule has 2 atom stereocenters. The normalized spacial score (nSPS) is 18.4. The van der Waals surface area contributed by atoms with E-state index < -0.39 is 29.1 Å². The Kier molecular flexibility index (Phi) is 8.61. The summed E-state index contributed by atoms with van der Waals surface area (Å²) in [6, 6.07) is 11.0. The minimum atomic E-state index is -4.92. The number of carbonyl (C=O) groups excluding carboxylic acids is 1. The van der Waals surface area contributed by atoms with Crippen LogP contribution in [-0.2, 0) is 16.0 Å². The molecule has 0 saturated heterocycles. The van der Waals surface area contributed by atoms with Gasteiger partial charge in [-0.3, -0.25) is 0 Å². The van der Waals surface area contributed by atoms with E-state index in [0.29, 0.717) is 36.0 Å². The number of unbranched alkanes of at least 4 members (excludes halogenated alkanes) is 2. The molecule has 0 spiro atoms. The predicted molar refractivity (Wildman–Crippen MR) is 145 cm³/mol. The van der Waals surface area contributed by atoms with Gasteiger partial charge in [0.15, 0.2) is 0 Å². The Morgan fingerprint density at radius 1 is 1.07 bits per heavy atom. The summed E-state index contributed by atoms with van der Waals surface area (Å²) in [5, 5.41) is 0.510. The van der Waals surface area contributed by atoms with Gasteiger partial charge in [-0.25, -0.2) is 9.59 Å². The molecule has 1 saturated carbocycles. The number of rotatable bonds is 10. The van der Waals surface area contributed by atoms with Crippen LogP contribution < -0.4 is 15.1 Å². The summed E-state index contributed by atoms with van der Waals surface area (Å²) < 4.78 is 61.2. The zero-order valence-electron chi connectivity index (χ0n) is 22.8. The van der Waals surface area contributed by atoms with Crippen LogP contribution in [0.4, 0.5) is 13.2 Å². The Bertz CT molecular complexity index is 1440. The second-order valence-electron chi connectivity index (χ2n) is 10.6. The van der Waals surface area contributed by atoms with Crippen molar-refractivity contribution in [3.8, 4) is 22.6 Å². The van der Waals surface area contributed by atoms with Gasteiger partial charge in [-0.2, -0.15) is 0 Å². The number of ether oxygens (including phenoxy) is 3. The number of hydrogen-bond acceptors (Lipinski definition) is 6. The molecule has 1 fully saturated rings. The molecule has 0 aliphatic heterocycles.